The average molecular weight is 248 g/mol. The lowest BCUT2D eigenvalue weighted by atomic mass is 10.2. The van der Waals surface area contributed by atoms with Gasteiger partial charge in [0.05, 0.1) is 4.92 Å². The maximum atomic E-state index is 10.6. The zero-order valence-corrected chi connectivity index (χ0v) is 9.78. The summed E-state index contributed by atoms with van der Waals surface area (Å²) in [4.78, 5) is 10.1. The molecule has 0 spiro atoms. The van der Waals surface area contributed by atoms with Gasteiger partial charge in [-0.3, -0.25) is 10.1 Å². The second-order valence-corrected chi connectivity index (χ2v) is 3.65. The van der Waals surface area contributed by atoms with Crippen LogP contribution in [-0.2, 0) is 13.2 Å². The van der Waals surface area contributed by atoms with Crippen LogP contribution in [0.4, 0.5) is 5.69 Å². The number of non-ortho nitro benzene ring substituents is 1. The molecule has 1 heterocycles. The van der Waals surface area contributed by atoms with Crippen LogP contribution in [0.1, 0.15) is 12.7 Å². The van der Waals surface area contributed by atoms with Crippen LogP contribution in [0.2, 0.25) is 0 Å². The molecule has 18 heavy (non-hydrogen) atoms. The van der Waals surface area contributed by atoms with Gasteiger partial charge in [0.25, 0.3) is 5.69 Å². The van der Waals surface area contributed by atoms with Crippen LogP contribution >= 0.6 is 0 Å². The summed E-state index contributed by atoms with van der Waals surface area (Å²) in [5, 5.41) is 27.5. The third-order valence-corrected chi connectivity index (χ3v) is 2.62. The first-order valence-corrected chi connectivity index (χ1v) is 5.45. The smallest absolute Gasteiger partial charge is 0.269 e. The lowest BCUT2D eigenvalue weighted by Crippen LogP contribution is -2.03. The van der Waals surface area contributed by atoms with E-state index in [0.29, 0.717) is 18.2 Å². The van der Waals surface area contributed by atoms with E-state index >= 15 is 0 Å². The van der Waals surface area contributed by atoms with Gasteiger partial charge in [0.1, 0.15) is 6.61 Å². The number of rotatable bonds is 4. The standard InChI is InChI=1S/C11H12N4O3/c1-2-14-10(7-16)12-13-11(14)8-3-5-9(6-4-8)15(17)18/h3-6,16H,2,7H2,1H3. The van der Waals surface area contributed by atoms with Crippen molar-refractivity contribution in [3.8, 4) is 11.4 Å². The van der Waals surface area contributed by atoms with Crippen LogP contribution in [0.5, 0.6) is 0 Å². The summed E-state index contributed by atoms with van der Waals surface area (Å²) in [5.74, 6) is 1.07. The van der Waals surface area contributed by atoms with Gasteiger partial charge in [-0.1, -0.05) is 0 Å². The SMILES string of the molecule is CCn1c(CO)nnc1-c1ccc([N+](=O)[O-])cc1. The third kappa shape index (κ3) is 2.07. The van der Waals surface area contributed by atoms with Crippen LogP contribution in [0.15, 0.2) is 24.3 Å². The molecule has 0 atom stereocenters. The molecule has 0 amide bonds. The Kier molecular flexibility index (Phi) is 3.33. The number of hydrogen-bond donors (Lipinski definition) is 1. The molecule has 0 aliphatic carbocycles. The van der Waals surface area contributed by atoms with Crippen molar-refractivity contribution in [2.75, 3.05) is 0 Å². The van der Waals surface area contributed by atoms with Crippen molar-refractivity contribution in [2.45, 2.75) is 20.1 Å². The van der Waals surface area contributed by atoms with Gasteiger partial charge in [-0.05, 0) is 19.1 Å². The Labute approximate surface area is 103 Å². The van der Waals surface area contributed by atoms with E-state index in [1.807, 2.05) is 6.92 Å². The third-order valence-electron chi connectivity index (χ3n) is 2.62. The van der Waals surface area contributed by atoms with Crippen LogP contribution in [-0.4, -0.2) is 24.8 Å². The molecule has 1 N–H and O–H groups in total. The van der Waals surface area contributed by atoms with E-state index in [-0.39, 0.29) is 12.3 Å². The molecule has 0 radical (unpaired) electrons. The fourth-order valence-electron chi connectivity index (χ4n) is 1.73. The number of nitrogens with zero attached hydrogens (tertiary/aromatic N) is 4. The Hall–Kier alpha value is -2.28. The molecule has 94 valence electrons. The van der Waals surface area contributed by atoms with Crippen molar-refractivity contribution in [1.29, 1.82) is 0 Å². The van der Waals surface area contributed by atoms with Gasteiger partial charge < -0.3 is 9.67 Å². The summed E-state index contributed by atoms with van der Waals surface area (Å²) in [5.41, 5.74) is 0.762. The van der Waals surface area contributed by atoms with Gasteiger partial charge in [0, 0.05) is 24.2 Å². The monoisotopic (exact) mass is 248 g/mol. The van der Waals surface area contributed by atoms with Gasteiger partial charge in [0.2, 0.25) is 0 Å². The minimum Gasteiger partial charge on any atom is -0.388 e. The minimum atomic E-state index is -0.451. The fourth-order valence-corrected chi connectivity index (χ4v) is 1.73. The highest BCUT2D eigenvalue weighted by Gasteiger charge is 2.13. The van der Waals surface area contributed by atoms with E-state index in [1.54, 1.807) is 16.7 Å². The van der Waals surface area contributed by atoms with E-state index in [9.17, 15) is 10.1 Å². The first-order valence-electron chi connectivity index (χ1n) is 5.45. The lowest BCUT2D eigenvalue weighted by Gasteiger charge is -2.05. The van der Waals surface area contributed by atoms with Crippen molar-refractivity contribution in [3.05, 3.63) is 40.2 Å². The summed E-state index contributed by atoms with van der Waals surface area (Å²) in [7, 11) is 0. The first-order chi connectivity index (χ1) is 8.67. The summed E-state index contributed by atoms with van der Waals surface area (Å²) >= 11 is 0. The second kappa shape index (κ2) is 4.92. The highest BCUT2D eigenvalue weighted by atomic mass is 16.6. The maximum absolute atomic E-state index is 10.6. The van der Waals surface area contributed by atoms with E-state index in [2.05, 4.69) is 10.2 Å². The second-order valence-electron chi connectivity index (χ2n) is 3.65. The van der Waals surface area contributed by atoms with E-state index in [0.717, 1.165) is 5.56 Å². The molecule has 7 nitrogen and oxygen atoms in total. The van der Waals surface area contributed by atoms with E-state index in [4.69, 9.17) is 5.11 Å². The van der Waals surface area contributed by atoms with Gasteiger partial charge in [-0.15, -0.1) is 10.2 Å². The number of nitro benzene ring substituents is 1. The molecule has 1 aromatic heterocycles. The average Bonchev–Trinajstić information content (AvgIpc) is 2.81. The van der Waals surface area contributed by atoms with Crippen molar-refractivity contribution in [2.24, 2.45) is 0 Å². The molecule has 0 fully saturated rings. The summed E-state index contributed by atoms with van der Waals surface area (Å²) in [6.45, 7) is 2.35. The molecule has 0 saturated heterocycles. The number of nitro groups is 1. The summed E-state index contributed by atoms with van der Waals surface area (Å²) in [6, 6.07) is 6.08. The van der Waals surface area contributed by atoms with E-state index < -0.39 is 4.92 Å². The molecule has 2 rings (SSSR count). The lowest BCUT2D eigenvalue weighted by molar-refractivity contribution is -0.384. The zero-order chi connectivity index (χ0) is 13.1. The van der Waals surface area contributed by atoms with Gasteiger partial charge in [0.15, 0.2) is 11.6 Å². The normalized spacial score (nSPS) is 10.6. The molecule has 0 aliphatic heterocycles. The van der Waals surface area contributed by atoms with Crippen LogP contribution in [0.3, 0.4) is 0 Å². The van der Waals surface area contributed by atoms with Crippen LogP contribution in [0.25, 0.3) is 11.4 Å². The quantitative estimate of drug-likeness (QED) is 0.651. The highest BCUT2D eigenvalue weighted by molar-refractivity contribution is 5.57. The zero-order valence-electron chi connectivity index (χ0n) is 9.78. The van der Waals surface area contributed by atoms with E-state index in [1.165, 1.54) is 12.1 Å². The Morgan fingerprint density at radius 1 is 1.33 bits per heavy atom. The van der Waals surface area contributed by atoms with Crippen LogP contribution < -0.4 is 0 Å². The maximum Gasteiger partial charge on any atom is 0.269 e. The molecule has 7 heteroatoms. The molecule has 0 unspecified atom stereocenters. The Morgan fingerprint density at radius 2 is 2.00 bits per heavy atom. The Morgan fingerprint density at radius 3 is 2.50 bits per heavy atom. The van der Waals surface area contributed by atoms with Gasteiger partial charge >= 0.3 is 0 Å². The van der Waals surface area contributed by atoms with Gasteiger partial charge in [-0.2, -0.15) is 0 Å². The number of hydrogen-bond acceptors (Lipinski definition) is 5. The molecule has 2 aromatic rings. The topological polar surface area (TPSA) is 94.1 Å². The molecule has 0 bridgehead atoms. The fraction of sp³-hybridized carbons (Fsp3) is 0.273. The molecule has 0 saturated carbocycles. The van der Waals surface area contributed by atoms with Crippen molar-refractivity contribution >= 4 is 5.69 Å². The number of aliphatic hydroxyl groups is 1. The molecule has 1 aromatic carbocycles. The van der Waals surface area contributed by atoms with Crippen molar-refractivity contribution in [1.82, 2.24) is 14.8 Å². The van der Waals surface area contributed by atoms with Gasteiger partial charge in [-0.25, -0.2) is 0 Å². The molecular weight excluding hydrogens is 236 g/mol. The summed E-state index contributed by atoms with van der Waals surface area (Å²) in [6.07, 6.45) is 0. The predicted molar refractivity (Wildman–Crippen MR) is 63.7 cm³/mol. The Balaban J connectivity index is 2.42. The van der Waals surface area contributed by atoms with Crippen molar-refractivity contribution < 1.29 is 10.0 Å². The summed E-state index contributed by atoms with van der Waals surface area (Å²) < 4.78 is 1.77. The Bertz CT molecular complexity index is 562. The largest absolute Gasteiger partial charge is 0.388 e. The van der Waals surface area contributed by atoms with Crippen molar-refractivity contribution in [3.63, 3.8) is 0 Å². The number of benzene rings is 1. The predicted octanol–water partition coefficient (Wildman–Crippen LogP) is 1.37. The minimum absolute atomic E-state index is 0.0312. The highest BCUT2D eigenvalue weighted by Crippen LogP contribution is 2.21. The molecular formula is C11H12N4O3. The number of aromatic nitrogens is 3. The molecule has 0 aliphatic rings. The first kappa shape index (κ1) is 12.2. The van der Waals surface area contributed by atoms with Crippen LogP contribution in [0, 0.1) is 10.1 Å². The number of aliphatic hydroxyl groups excluding tert-OH is 1.